The molecule has 1 aromatic carbocycles. The first-order chi connectivity index (χ1) is 11.6. The van der Waals surface area contributed by atoms with Crippen molar-refractivity contribution < 1.29 is 9.59 Å². The molecule has 140 valence electrons. The average molecular weight is 348 g/mol. The highest BCUT2D eigenvalue weighted by atomic mass is 16.2. The van der Waals surface area contributed by atoms with Gasteiger partial charge < -0.3 is 10.6 Å². The SMILES string of the molecule is CCC[C@H](NC(=O)[C@H](C)N(C)CC(=O)NC(C)(C)C)c1ccccc1. The van der Waals surface area contributed by atoms with Crippen LogP contribution in [0.3, 0.4) is 0 Å². The topological polar surface area (TPSA) is 61.4 Å². The van der Waals surface area contributed by atoms with Crippen LogP contribution >= 0.6 is 0 Å². The van der Waals surface area contributed by atoms with E-state index in [2.05, 4.69) is 17.6 Å². The van der Waals surface area contributed by atoms with Crippen LogP contribution in [0, 0.1) is 0 Å². The molecule has 25 heavy (non-hydrogen) atoms. The highest BCUT2D eigenvalue weighted by Gasteiger charge is 2.24. The van der Waals surface area contributed by atoms with Crippen molar-refractivity contribution in [3.63, 3.8) is 0 Å². The molecule has 0 saturated heterocycles. The van der Waals surface area contributed by atoms with Gasteiger partial charge in [-0.2, -0.15) is 0 Å². The Balaban J connectivity index is 2.65. The van der Waals surface area contributed by atoms with Gasteiger partial charge in [-0.3, -0.25) is 14.5 Å². The molecule has 0 aliphatic heterocycles. The molecule has 2 atom stereocenters. The Morgan fingerprint density at radius 1 is 1.16 bits per heavy atom. The predicted octanol–water partition coefficient (Wildman–Crippen LogP) is 2.88. The highest BCUT2D eigenvalue weighted by Crippen LogP contribution is 2.18. The van der Waals surface area contributed by atoms with Gasteiger partial charge in [-0.25, -0.2) is 0 Å². The van der Waals surface area contributed by atoms with E-state index in [4.69, 9.17) is 0 Å². The largest absolute Gasteiger partial charge is 0.350 e. The number of nitrogens with zero attached hydrogens (tertiary/aromatic N) is 1. The van der Waals surface area contributed by atoms with Gasteiger partial charge in [0.15, 0.2) is 0 Å². The maximum Gasteiger partial charge on any atom is 0.237 e. The van der Waals surface area contributed by atoms with E-state index < -0.39 is 0 Å². The number of amides is 2. The van der Waals surface area contributed by atoms with Crippen LogP contribution in [0.2, 0.25) is 0 Å². The minimum Gasteiger partial charge on any atom is -0.350 e. The summed E-state index contributed by atoms with van der Waals surface area (Å²) in [5.41, 5.74) is 0.834. The molecule has 0 aliphatic rings. The van der Waals surface area contributed by atoms with Crippen LogP contribution in [0.1, 0.15) is 59.1 Å². The lowest BCUT2D eigenvalue weighted by molar-refractivity contribution is -0.128. The lowest BCUT2D eigenvalue weighted by Crippen LogP contribution is -2.50. The van der Waals surface area contributed by atoms with Gasteiger partial charge in [-0.15, -0.1) is 0 Å². The summed E-state index contributed by atoms with van der Waals surface area (Å²) in [7, 11) is 1.80. The van der Waals surface area contributed by atoms with Crippen LogP contribution in [0.4, 0.5) is 0 Å². The molecule has 0 bridgehead atoms. The molecule has 0 aliphatic carbocycles. The second-order valence-electron chi connectivity index (χ2n) is 7.65. The van der Waals surface area contributed by atoms with E-state index in [-0.39, 0.29) is 36.0 Å². The van der Waals surface area contributed by atoms with Gasteiger partial charge in [-0.1, -0.05) is 43.7 Å². The van der Waals surface area contributed by atoms with Gasteiger partial charge in [0.2, 0.25) is 11.8 Å². The van der Waals surface area contributed by atoms with Crippen molar-refractivity contribution >= 4 is 11.8 Å². The molecular formula is C20H33N3O2. The molecule has 1 aromatic rings. The smallest absolute Gasteiger partial charge is 0.237 e. The van der Waals surface area contributed by atoms with Crippen LogP contribution in [0.25, 0.3) is 0 Å². The zero-order valence-electron chi connectivity index (χ0n) is 16.4. The first-order valence-electron chi connectivity index (χ1n) is 9.00. The molecular weight excluding hydrogens is 314 g/mol. The molecule has 0 aromatic heterocycles. The average Bonchev–Trinajstić information content (AvgIpc) is 2.52. The van der Waals surface area contributed by atoms with E-state index in [1.165, 1.54) is 0 Å². The van der Waals surface area contributed by atoms with Crippen molar-refractivity contribution in [3.8, 4) is 0 Å². The summed E-state index contributed by atoms with van der Waals surface area (Å²) in [6.45, 7) is 9.94. The number of carbonyl (C=O) groups is 2. The zero-order chi connectivity index (χ0) is 19.0. The first-order valence-corrected chi connectivity index (χ1v) is 9.00. The summed E-state index contributed by atoms with van der Waals surface area (Å²) in [6.07, 6.45) is 1.87. The number of nitrogens with one attached hydrogen (secondary N) is 2. The van der Waals surface area contributed by atoms with Crippen LogP contribution in [-0.4, -0.2) is 41.9 Å². The molecule has 1 rings (SSSR count). The fourth-order valence-corrected chi connectivity index (χ4v) is 2.61. The summed E-state index contributed by atoms with van der Waals surface area (Å²) in [6, 6.07) is 9.62. The lowest BCUT2D eigenvalue weighted by atomic mass is 10.0. The third kappa shape index (κ3) is 7.69. The van der Waals surface area contributed by atoms with Crippen molar-refractivity contribution in [1.29, 1.82) is 0 Å². The Morgan fingerprint density at radius 3 is 2.28 bits per heavy atom. The Hall–Kier alpha value is -1.88. The van der Waals surface area contributed by atoms with Gasteiger partial charge in [0.05, 0.1) is 18.6 Å². The summed E-state index contributed by atoms with van der Waals surface area (Å²) in [5.74, 6) is -0.142. The monoisotopic (exact) mass is 347 g/mol. The van der Waals surface area contributed by atoms with E-state index in [0.717, 1.165) is 18.4 Å². The normalized spacial score (nSPS) is 14.0. The molecule has 5 heteroatoms. The van der Waals surface area contributed by atoms with Crippen molar-refractivity contribution in [2.24, 2.45) is 0 Å². The van der Waals surface area contributed by atoms with E-state index in [0.29, 0.717) is 0 Å². The third-order valence-corrected chi connectivity index (χ3v) is 4.04. The third-order valence-electron chi connectivity index (χ3n) is 4.04. The number of hydrogen-bond donors (Lipinski definition) is 2. The maximum absolute atomic E-state index is 12.6. The van der Waals surface area contributed by atoms with E-state index in [1.54, 1.807) is 11.9 Å². The summed E-state index contributed by atoms with van der Waals surface area (Å²) < 4.78 is 0. The van der Waals surface area contributed by atoms with E-state index >= 15 is 0 Å². The number of hydrogen-bond acceptors (Lipinski definition) is 3. The number of benzene rings is 1. The number of rotatable bonds is 8. The molecule has 2 N–H and O–H groups in total. The highest BCUT2D eigenvalue weighted by molar-refractivity contribution is 5.83. The van der Waals surface area contributed by atoms with Crippen LogP contribution < -0.4 is 10.6 Å². The molecule has 0 radical (unpaired) electrons. The van der Waals surface area contributed by atoms with Gasteiger partial charge in [0.1, 0.15) is 0 Å². The van der Waals surface area contributed by atoms with Crippen LogP contribution in [0.5, 0.6) is 0 Å². The molecule has 0 unspecified atom stereocenters. The van der Waals surface area contributed by atoms with Gasteiger partial charge in [0.25, 0.3) is 0 Å². The van der Waals surface area contributed by atoms with Crippen molar-refractivity contribution in [2.75, 3.05) is 13.6 Å². The minimum atomic E-state index is -0.381. The van der Waals surface area contributed by atoms with Gasteiger partial charge >= 0.3 is 0 Å². The Kier molecular flexibility index (Phi) is 8.10. The Bertz CT molecular complexity index is 552. The van der Waals surface area contributed by atoms with E-state index in [1.807, 2.05) is 58.0 Å². The van der Waals surface area contributed by atoms with Crippen LogP contribution in [0.15, 0.2) is 30.3 Å². The van der Waals surface area contributed by atoms with Crippen molar-refractivity contribution in [1.82, 2.24) is 15.5 Å². The summed E-state index contributed by atoms with van der Waals surface area (Å²) >= 11 is 0. The maximum atomic E-state index is 12.6. The van der Waals surface area contributed by atoms with E-state index in [9.17, 15) is 9.59 Å². The molecule has 0 fully saturated rings. The Labute approximate surface area is 152 Å². The van der Waals surface area contributed by atoms with Gasteiger partial charge in [0, 0.05) is 5.54 Å². The first kappa shape index (κ1) is 21.2. The molecule has 2 amide bonds. The standard InChI is InChI=1S/C20H33N3O2/c1-7-11-17(16-12-9-8-10-13-16)21-19(25)15(2)23(6)14-18(24)22-20(3,4)5/h8-10,12-13,15,17H,7,11,14H2,1-6H3,(H,21,25)(H,22,24)/t15-,17-/m0/s1. The summed E-state index contributed by atoms with van der Waals surface area (Å²) in [4.78, 5) is 26.5. The van der Waals surface area contributed by atoms with Crippen molar-refractivity contribution in [2.45, 2.75) is 65.1 Å². The second kappa shape index (κ2) is 9.56. The molecule has 0 spiro atoms. The summed E-state index contributed by atoms with van der Waals surface area (Å²) in [5, 5.41) is 6.04. The molecule has 0 saturated carbocycles. The fourth-order valence-electron chi connectivity index (χ4n) is 2.61. The number of likely N-dealkylation sites (N-methyl/N-ethyl adjacent to an activating group) is 1. The van der Waals surface area contributed by atoms with Crippen LogP contribution in [-0.2, 0) is 9.59 Å². The fraction of sp³-hybridized carbons (Fsp3) is 0.600. The Morgan fingerprint density at radius 2 is 1.76 bits per heavy atom. The quantitative estimate of drug-likeness (QED) is 0.760. The lowest BCUT2D eigenvalue weighted by Gasteiger charge is -2.28. The number of carbonyl (C=O) groups excluding carboxylic acids is 2. The van der Waals surface area contributed by atoms with Crippen molar-refractivity contribution in [3.05, 3.63) is 35.9 Å². The predicted molar refractivity (Wildman–Crippen MR) is 102 cm³/mol. The molecule has 5 nitrogen and oxygen atoms in total. The zero-order valence-corrected chi connectivity index (χ0v) is 16.4. The second-order valence-corrected chi connectivity index (χ2v) is 7.65. The molecule has 0 heterocycles. The van der Waals surface area contributed by atoms with Gasteiger partial charge in [-0.05, 0) is 46.7 Å². The minimum absolute atomic E-state index is 0.00190.